The minimum atomic E-state index is -0.619. The van der Waals surface area contributed by atoms with Crippen molar-refractivity contribution in [3.63, 3.8) is 0 Å². The van der Waals surface area contributed by atoms with E-state index < -0.39 is 6.17 Å². The third kappa shape index (κ3) is 2.81. The Morgan fingerprint density at radius 2 is 2.00 bits per heavy atom. The molecule has 0 amide bonds. The van der Waals surface area contributed by atoms with Gasteiger partial charge in [-0.05, 0) is 31.6 Å². The summed E-state index contributed by atoms with van der Waals surface area (Å²) in [6.45, 7) is 0.538. The van der Waals surface area contributed by atoms with Gasteiger partial charge in [0.2, 0.25) is 6.08 Å². The van der Waals surface area contributed by atoms with E-state index in [2.05, 4.69) is 4.99 Å². The van der Waals surface area contributed by atoms with Crippen LogP contribution in [0.15, 0.2) is 4.99 Å². The molecule has 0 saturated heterocycles. The fourth-order valence-corrected chi connectivity index (χ4v) is 1.47. The summed E-state index contributed by atoms with van der Waals surface area (Å²) in [5.74, 6) is 0.420. The molecular formula is C8H12FNO. The molecule has 0 atom stereocenters. The fourth-order valence-electron chi connectivity index (χ4n) is 1.47. The van der Waals surface area contributed by atoms with Crippen LogP contribution in [0.4, 0.5) is 4.39 Å². The van der Waals surface area contributed by atoms with Crippen LogP contribution < -0.4 is 0 Å². The van der Waals surface area contributed by atoms with Gasteiger partial charge in [-0.2, -0.15) is 0 Å². The Labute approximate surface area is 65.5 Å². The van der Waals surface area contributed by atoms with Gasteiger partial charge in [0.25, 0.3) is 0 Å². The average molecular weight is 157 g/mol. The Balaban J connectivity index is 2.22. The summed E-state index contributed by atoms with van der Waals surface area (Å²) in [5.41, 5.74) is 0. The van der Waals surface area contributed by atoms with Crippen molar-refractivity contribution in [2.45, 2.75) is 31.9 Å². The molecule has 0 radical (unpaired) electrons. The molecule has 3 heteroatoms. The van der Waals surface area contributed by atoms with E-state index in [0.29, 0.717) is 25.3 Å². The van der Waals surface area contributed by atoms with Crippen molar-refractivity contribution in [3.8, 4) is 0 Å². The van der Waals surface area contributed by atoms with Crippen molar-refractivity contribution in [3.05, 3.63) is 0 Å². The van der Waals surface area contributed by atoms with Crippen molar-refractivity contribution < 1.29 is 9.18 Å². The van der Waals surface area contributed by atoms with Crippen LogP contribution in [-0.4, -0.2) is 18.8 Å². The smallest absolute Gasteiger partial charge is 0.234 e. The minimum Gasteiger partial charge on any atom is -0.247 e. The predicted octanol–water partition coefficient (Wildman–Crippen LogP) is 1.85. The highest BCUT2D eigenvalue weighted by Crippen LogP contribution is 2.25. The first kappa shape index (κ1) is 8.41. The van der Waals surface area contributed by atoms with Crippen molar-refractivity contribution >= 4 is 6.08 Å². The Kier molecular flexibility index (Phi) is 3.24. The van der Waals surface area contributed by atoms with Gasteiger partial charge in [-0.15, -0.1) is 0 Å². The minimum absolute atomic E-state index is 0.420. The van der Waals surface area contributed by atoms with Gasteiger partial charge in [0.05, 0.1) is 6.54 Å². The molecule has 2 nitrogen and oxygen atoms in total. The quantitative estimate of drug-likeness (QED) is 0.444. The number of rotatable bonds is 2. The normalized spacial score (nSPS) is 31.0. The van der Waals surface area contributed by atoms with Crippen molar-refractivity contribution in [1.29, 1.82) is 0 Å². The Morgan fingerprint density at radius 3 is 2.55 bits per heavy atom. The number of hydrogen-bond donors (Lipinski definition) is 0. The number of hydrogen-bond acceptors (Lipinski definition) is 2. The molecule has 0 unspecified atom stereocenters. The highest BCUT2D eigenvalue weighted by atomic mass is 19.1. The molecule has 0 aliphatic heterocycles. The van der Waals surface area contributed by atoms with Gasteiger partial charge in [-0.3, -0.25) is 0 Å². The molecule has 1 rings (SSSR count). The Morgan fingerprint density at radius 1 is 1.36 bits per heavy atom. The van der Waals surface area contributed by atoms with Crippen LogP contribution in [0.2, 0.25) is 0 Å². The molecule has 0 aromatic heterocycles. The van der Waals surface area contributed by atoms with E-state index in [1.807, 2.05) is 0 Å². The predicted molar refractivity (Wildman–Crippen MR) is 39.8 cm³/mol. The molecule has 0 bridgehead atoms. The highest BCUT2D eigenvalue weighted by Gasteiger charge is 2.19. The van der Waals surface area contributed by atoms with Gasteiger partial charge in [-0.25, -0.2) is 14.2 Å². The molecular weight excluding hydrogens is 145 g/mol. The van der Waals surface area contributed by atoms with Crippen LogP contribution in [-0.2, 0) is 4.79 Å². The summed E-state index contributed by atoms with van der Waals surface area (Å²) in [6, 6.07) is 0. The maximum absolute atomic E-state index is 12.6. The molecule has 62 valence electrons. The molecule has 0 aromatic carbocycles. The van der Waals surface area contributed by atoms with Crippen LogP contribution >= 0.6 is 0 Å². The summed E-state index contributed by atoms with van der Waals surface area (Å²) in [7, 11) is 0. The Bertz CT molecular complexity index is 157. The summed E-state index contributed by atoms with van der Waals surface area (Å²) < 4.78 is 12.6. The van der Waals surface area contributed by atoms with Gasteiger partial charge < -0.3 is 0 Å². The van der Waals surface area contributed by atoms with Gasteiger partial charge >= 0.3 is 0 Å². The molecule has 1 saturated carbocycles. The average Bonchev–Trinajstić information content (AvgIpc) is 2.04. The first-order valence-electron chi connectivity index (χ1n) is 4.00. The van der Waals surface area contributed by atoms with E-state index in [0.717, 1.165) is 12.8 Å². The number of alkyl halides is 1. The van der Waals surface area contributed by atoms with E-state index in [4.69, 9.17) is 0 Å². The summed E-state index contributed by atoms with van der Waals surface area (Å²) in [5, 5.41) is 0. The lowest BCUT2D eigenvalue weighted by Crippen LogP contribution is -2.16. The summed E-state index contributed by atoms with van der Waals surface area (Å²) >= 11 is 0. The third-order valence-electron chi connectivity index (χ3n) is 2.19. The lowest BCUT2D eigenvalue weighted by Gasteiger charge is -2.21. The van der Waals surface area contributed by atoms with E-state index in [-0.39, 0.29) is 0 Å². The lowest BCUT2D eigenvalue weighted by molar-refractivity contribution is 0.210. The van der Waals surface area contributed by atoms with Crippen molar-refractivity contribution in [2.75, 3.05) is 6.54 Å². The summed E-state index contributed by atoms with van der Waals surface area (Å²) in [4.78, 5) is 13.2. The van der Waals surface area contributed by atoms with Crippen molar-refractivity contribution in [1.82, 2.24) is 0 Å². The van der Waals surface area contributed by atoms with Crippen LogP contribution in [0.25, 0.3) is 0 Å². The van der Waals surface area contributed by atoms with Crippen LogP contribution in [0.3, 0.4) is 0 Å². The first-order chi connectivity index (χ1) is 5.33. The number of carbonyl (C=O) groups excluding carboxylic acids is 1. The monoisotopic (exact) mass is 157 g/mol. The van der Waals surface area contributed by atoms with Gasteiger partial charge in [0.1, 0.15) is 6.17 Å². The second kappa shape index (κ2) is 4.24. The largest absolute Gasteiger partial charge is 0.247 e. The second-order valence-electron chi connectivity index (χ2n) is 3.05. The van der Waals surface area contributed by atoms with Gasteiger partial charge in [0.15, 0.2) is 0 Å². The molecule has 11 heavy (non-hydrogen) atoms. The van der Waals surface area contributed by atoms with E-state index in [1.165, 1.54) is 6.08 Å². The van der Waals surface area contributed by atoms with E-state index in [1.54, 1.807) is 0 Å². The molecule has 0 spiro atoms. The van der Waals surface area contributed by atoms with Crippen LogP contribution in [0, 0.1) is 5.92 Å². The zero-order valence-electron chi connectivity index (χ0n) is 6.42. The second-order valence-corrected chi connectivity index (χ2v) is 3.05. The van der Waals surface area contributed by atoms with Crippen molar-refractivity contribution in [2.24, 2.45) is 10.9 Å². The van der Waals surface area contributed by atoms with Crippen LogP contribution in [0.1, 0.15) is 25.7 Å². The van der Waals surface area contributed by atoms with E-state index in [9.17, 15) is 9.18 Å². The standard InChI is InChI=1S/C8H12FNO/c9-8-3-1-7(2-4-8)5-10-6-11/h7-8H,1-5H2. The summed E-state index contributed by atoms with van der Waals surface area (Å²) in [6.07, 6.45) is 3.90. The van der Waals surface area contributed by atoms with Gasteiger partial charge in [0, 0.05) is 0 Å². The SMILES string of the molecule is O=C=NCC1CCC(F)CC1. The fraction of sp³-hybridized carbons (Fsp3) is 0.875. The number of halogens is 1. The molecule has 0 heterocycles. The number of nitrogens with zero attached hydrogens (tertiary/aromatic N) is 1. The molecule has 1 aliphatic carbocycles. The van der Waals surface area contributed by atoms with Crippen LogP contribution in [0.5, 0.6) is 0 Å². The number of isocyanates is 1. The lowest BCUT2D eigenvalue weighted by atomic mass is 9.88. The topological polar surface area (TPSA) is 29.4 Å². The van der Waals surface area contributed by atoms with E-state index >= 15 is 0 Å². The molecule has 1 fully saturated rings. The number of aliphatic imine (C=N–C) groups is 1. The highest BCUT2D eigenvalue weighted by molar-refractivity contribution is 5.32. The molecule has 1 aliphatic rings. The van der Waals surface area contributed by atoms with Gasteiger partial charge in [-0.1, -0.05) is 0 Å². The molecule has 0 aromatic rings. The zero-order valence-corrected chi connectivity index (χ0v) is 6.42. The molecule has 0 N–H and O–H groups in total. The maximum atomic E-state index is 12.6. The first-order valence-corrected chi connectivity index (χ1v) is 4.00. The zero-order chi connectivity index (χ0) is 8.10. The third-order valence-corrected chi connectivity index (χ3v) is 2.19. The Hall–Kier alpha value is -0.690. The maximum Gasteiger partial charge on any atom is 0.234 e.